The Hall–Kier alpha value is -2.75. The molecule has 4 aromatic rings. The predicted molar refractivity (Wildman–Crippen MR) is 120 cm³/mol. The second kappa shape index (κ2) is 8.95. The number of hydrogen-bond donors (Lipinski definition) is 2. The van der Waals surface area contributed by atoms with E-state index in [1.165, 1.54) is 28.7 Å². The zero-order valence-corrected chi connectivity index (χ0v) is 18.5. The van der Waals surface area contributed by atoms with Gasteiger partial charge in [0.25, 0.3) is 0 Å². The summed E-state index contributed by atoms with van der Waals surface area (Å²) < 4.78 is 2.53. The molecule has 0 bridgehead atoms. The van der Waals surface area contributed by atoms with Crippen molar-refractivity contribution in [1.29, 1.82) is 0 Å². The molecule has 0 aliphatic carbocycles. The van der Waals surface area contributed by atoms with Gasteiger partial charge in [-0.05, 0) is 36.6 Å². The van der Waals surface area contributed by atoms with Crippen LogP contribution in [0.1, 0.15) is 28.6 Å². The highest BCUT2D eigenvalue weighted by Gasteiger charge is 2.21. The molecular formula is C21H23N6OS2+. The van der Waals surface area contributed by atoms with Crippen molar-refractivity contribution >= 4 is 39.7 Å². The van der Waals surface area contributed by atoms with Crippen LogP contribution in [0.4, 0.5) is 5.69 Å². The van der Waals surface area contributed by atoms with Crippen molar-refractivity contribution in [1.82, 2.24) is 19.8 Å². The summed E-state index contributed by atoms with van der Waals surface area (Å²) in [6.45, 7) is 3.99. The van der Waals surface area contributed by atoms with E-state index < -0.39 is 0 Å². The van der Waals surface area contributed by atoms with Gasteiger partial charge in [-0.15, -0.1) is 15.3 Å². The Labute approximate surface area is 182 Å². The quantitative estimate of drug-likeness (QED) is 0.431. The lowest BCUT2D eigenvalue weighted by molar-refractivity contribution is -0.428. The number of benzene rings is 2. The van der Waals surface area contributed by atoms with E-state index in [0.717, 1.165) is 33.4 Å². The summed E-state index contributed by atoms with van der Waals surface area (Å²) in [4.78, 5) is 13.1. The third-order valence-corrected chi connectivity index (χ3v) is 6.71. The van der Waals surface area contributed by atoms with Gasteiger partial charge < -0.3 is 11.1 Å². The first-order valence-electron chi connectivity index (χ1n) is 9.58. The molecule has 2 aromatic carbocycles. The van der Waals surface area contributed by atoms with Crippen molar-refractivity contribution in [2.45, 2.75) is 30.6 Å². The summed E-state index contributed by atoms with van der Waals surface area (Å²) in [6, 6.07) is 16.1. The summed E-state index contributed by atoms with van der Waals surface area (Å²) in [5.74, 6) is 0.959. The Morgan fingerprint density at radius 1 is 1.20 bits per heavy atom. The van der Waals surface area contributed by atoms with Crippen LogP contribution in [-0.4, -0.2) is 31.5 Å². The highest BCUT2D eigenvalue weighted by Crippen LogP contribution is 2.26. The average molecular weight is 440 g/mol. The van der Waals surface area contributed by atoms with E-state index in [1.807, 2.05) is 50.2 Å². The molecule has 0 saturated heterocycles. The molecule has 1 amide bonds. The summed E-state index contributed by atoms with van der Waals surface area (Å²) in [6.07, 6.45) is 0.764. The molecule has 2 aromatic heterocycles. The monoisotopic (exact) mass is 439 g/mol. The normalized spacial score (nSPS) is 12.2. The van der Waals surface area contributed by atoms with Gasteiger partial charge in [0.1, 0.15) is 0 Å². The summed E-state index contributed by atoms with van der Waals surface area (Å²) in [7, 11) is 0. The fraction of sp³-hybridized carbons (Fsp3) is 0.238. The lowest BCUT2D eigenvalue weighted by atomic mass is 10.1. The molecular weight excluding hydrogens is 416 g/mol. The molecule has 0 saturated carbocycles. The molecule has 0 spiro atoms. The molecule has 154 valence electrons. The van der Waals surface area contributed by atoms with Crippen LogP contribution in [0, 0.1) is 13.8 Å². The minimum absolute atomic E-state index is 0.0565. The summed E-state index contributed by atoms with van der Waals surface area (Å²) in [5.41, 5.74) is 8.44. The SMILES string of the molecule is Cc1ccc(C)c(NC(=O)CSc2nn3c([C@@H]([NH3+])Cc4ccccc4)nnc3s2)c1. The van der Waals surface area contributed by atoms with Gasteiger partial charge in [-0.2, -0.15) is 4.52 Å². The number of nitrogens with one attached hydrogen (secondary N) is 1. The van der Waals surface area contributed by atoms with Gasteiger partial charge in [-0.3, -0.25) is 4.79 Å². The van der Waals surface area contributed by atoms with Gasteiger partial charge in [0.15, 0.2) is 10.4 Å². The number of carbonyl (C=O) groups is 1. The first-order chi connectivity index (χ1) is 14.5. The summed E-state index contributed by atoms with van der Waals surface area (Å²) in [5, 5.41) is 16.1. The van der Waals surface area contributed by atoms with E-state index in [0.29, 0.717) is 4.96 Å². The van der Waals surface area contributed by atoms with E-state index in [1.54, 1.807) is 4.52 Å². The fourth-order valence-corrected chi connectivity index (χ4v) is 4.78. The van der Waals surface area contributed by atoms with Crippen LogP contribution in [0.2, 0.25) is 0 Å². The highest BCUT2D eigenvalue weighted by atomic mass is 32.2. The second-order valence-electron chi connectivity index (χ2n) is 7.16. The Kier molecular flexibility index (Phi) is 6.12. The van der Waals surface area contributed by atoms with E-state index in [2.05, 4.69) is 38.5 Å². The lowest BCUT2D eigenvalue weighted by Gasteiger charge is -2.08. The predicted octanol–water partition coefficient (Wildman–Crippen LogP) is 3.06. The van der Waals surface area contributed by atoms with Crippen molar-refractivity contribution in [3.63, 3.8) is 0 Å². The van der Waals surface area contributed by atoms with Crippen molar-refractivity contribution < 1.29 is 10.5 Å². The Morgan fingerprint density at radius 2 is 2.00 bits per heavy atom. The van der Waals surface area contributed by atoms with Gasteiger partial charge in [-0.25, -0.2) is 0 Å². The number of amides is 1. The second-order valence-corrected chi connectivity index (χ2v) is 9.34. The smallest absolute Gasteiger partial charge is 0.235 e. The molecule has 0 unspecified atom stereocenters. The zero-order valence-electron chi connectivity index (χ0n) is 16.8. The molecule has 4 rings (SSSR count). The van der Waals surface area contributed by atoms with Crippen LogP contribution < -0.4 is 11.1 Å². The van der Waals surface area contributed by atoms with E-state index >= 15 is 0 Å². The maximum absolute atomic E-state index is 12.4. The molecule has 2 heterocycles. The molecule has 0 radical (unpaired) electrons. The van der Waals surface area contributed by atoms with Gasteiger partial charge in [0.2, 0.25) is 16.7 Å². The molecule has 4 N–H and O–H groups in total. The third-order valence-electron chi connectivity index (χ3n) is 4.68. The Balaban J connectivity index is 1.40. The number of aromatic nitrogens is 4. The Morgan fingerprint density at radius 3 is 2.80 bits per heavy atom. The Bertz CT molecular complexity index is 1170. The molecule has 7 nitrogen and oxygen atoms in total. The first kappa shape index (κ1) is 20.5. The maximum Gasteiger partial charge on any atom is 0.235 e. The minimum Gasteiger partial charge on any atom is -0.348 e. The number of nitrogens with zero attached hydrogens (tertiary/aromatic N) is 4. The number of carbonyl (C=O) groups excluding carboxylic acids is 1. The number of fused-ring (bicyclic) bond motifs is 1. The van der Waals surface area contributed by atoms with Gasteiger partial charge in [0.05, 0.1) is 5.75 Å². The molecule has 30 heavy (non-hydrogen) atoms. The standard InChI is InChI=1S/C21H22N6OS2/c1-13-8-9-14(2)17(10-13)23-18(28)12-29-21-26-27-19(24-25-20(27)30-21)16(22)11-15-6-4-3-5-7-15/h3-10,16H,11-12,22H2,1-2H3,(H,23,28)/p+1/t16-/m0/s1. The van der Waals surface area contributed by atoms with Crippen molar-refractivity contribution in [3.05, 3.63) is 71.0 Å². The number of quaternary nitrogens is 1. The largest absolute Gasteiger partial charge is 0.348 e. The average Bonchev–Trinajstić information content (AvgIpc) is 3.30. The first-order valence-corrected chi connectivity index (χ1v) is 11.4. The highest BCUT2D eigenvalue weighted by molar-refractivity contribution is 8.01. The van der Waals surface area contributed by atoms with Crippen LogP contribution in [0.3, 0.4) is 0 Å². The number of anilines is 1. The minimum atomic E-state index is -0.0602. The summed E-state index contributed by atoms with van der Waals surface area (Å²) >= 11 is 2.83. The van der Waals surface area contributed by atoms with Crippen LogP contribution in [0.5, 0.6) is 0 Å². The van der Waals surface area contributed by atoms with E-state index in [-0.39, 0.29) is 17.7 Å². The molecule has 1 atom stereocenters. The number of rotatable bonds is 7. The van der Waals surface area contributed by atoms with Gasteiger partial charge in [-0.1, -0.05) is 65.6 Å². The van der Waals surface area contributed by atoms with Crippen LogP contribution >= 0.6 is 23.1 Å². The van der Waals surface area contributed by atoms with Crippen molar-refractivity contribution in [2.75, 3.05) is 11.1 Å². The van der Waals surface area contributed by atoms with Gasteiger partial charge >= 0.3 is 0 Å². The fourth-order valence-electron chi connectivity index (χ4n) is 3.10. The van der Waals surface area contributed by atoms with E-state index in [9.17, 15) is 4.79 Å². The molecule has 0 aliphatic rings. The molecule has 0 aliphatic heterocycles. The lowest BCUT2D eigenvalue weighted by Crippen LogP contribution is -2.55. The van der Waals surface area contributed by atoms with Crippen molar-refractivity contribution in [3.8, 4) is 0 Å². The number of hydrogen-bond acceptors (Lipinski definition) is 6. The molecule has 9 heteroatoms. The number of aryl methyl sites for hydroxylation is 2. The van der Waals surface area contributed by atoms with Crippen LogP contribution in [0.25, 0.3) is 4.96 Å². The zero-order chi connectivity index (χ0) is 21.1. The maximum atomic E-state index is 12.4. The molecule has 0 fully saturated rings. The van der Waals surface area contributed by atoms with Crippen molar-refractivity contribution in [2.24, 2.45) is 0 Å². The van der Waals surface area contributed by atoms with E-state index in [4.69, 9.17) is 0 Å². The van der Waals surface area contributed by atoms with Gasteiger partial charge in [0, 0.05) is 12.1 Å². The number of thioether (sulfide) groups is 1. The van der Waals surface area contributed by atoms with Crippen LogP contribution in [0.15, 0.2) is 52.9 Å². The third kappa shape index (κ3) is 4.69. The van der Waals surface area contributed by atoms with Crippen LogP contribution in [-0.2, 0) is 11.2 Å². The topological polar surface area (TPSA) is 99.8 Å².